The van der Waals surface area contributed by atoms with Crippen LogP contribution in [0.15, 0.2) is 66.7 Å². The molecule has 5 heteroatoms. The first-order chi connectivity index (χ1) is 12.5. The van der Waals surface area contributed by atoms with E-state index in [1.54, 1.807) is 24.3 Å². The first kappa shape index (κ1) is 17.5. The molecular weight excluding hydrogens is 326 g/mol. The maximum Gasteiger partial charge on any atom is 0.248 e. The minimum absolute atomic E-state index is 0.132. The first-order valence-electron chi connectivity index (χ1n) is 8.38. The first-order valence-corrected chi connectivity index (χ1v) is 8.38. The van der Waals surface area contributed by atoms with Crippen LogP contribution in [0.3, 0.4) is 0 Å². The fraction of sp³-hybridized carbons (Fsp3) is 0.143. The summed E-state index contributed by atoms with van der Waals surface area (Å²) in [5.74, 6) is -0.625. The monoisotopic (exact) mass is 347 g/mol. The second-order valence-corrected chi connectivity index (χ2v) is 6.25. The number of rotatable bonds is 5. The summed E-state index contributed by atoms with van der Waals surface area (Å²) in [7, 11) is 1.89. The van der Waals surface area contributed by atoms with E-state index < -0.39 is 5.91 Å². The van der Waals surface area contributed by atoms with E-state index >= 15 is 0 Å². The lowest BCUT2D eigenvalue weighted by Gasteiger charge is -2.26. The highest BCUT2D eigenvalue weighted by atomic mass is 16.2. The molecule has 0 unspecified atom stereocenters. The second kappa shape index (κ2) is 7.27. The zero-order valence-electron chi connectivity index (χ0n) is 14.8. The van der Waals surface area contributed by atoms with Gasteiger partial charge in [0.2, 0.25) is 11.8 Å². The van der Waals surface area contributed by atoms with Crippen LogP contribution in [0.2, 0.25) is 0 Å². The zero-order valence-corrected chi connectivity index (χ0v) is 14.8. The summed E-state index contributed by atoms with van der Waals surface area (Å²) in [4.78, 5) is 25.6. The van der Waals surface area contributed by atoms with E-state index in [-0.39, 0.29) is 11.9 Å². The molecule has 0 aliphatic rings. The largest absolute Gasteiger partial charge is 0.366 e. The van der Waals surface area contributed by atoms with Crippen molar-refractivity contribution in [3.8, 4) is 0 Å². The smallest absolute Gasteiger partial charge is 0.248 e. The van der Waals surface area contributed by atoms with E-state index in [0.29, 0.717) is 11.3 Å². The Hall–Kier alpha value is -3.34. The number of fused-ring (bicyclic) bond motifs is 1. The number of nitrogens with zero attached hydrogens (tertiary/aromatic N) is 1. The van der Waals surface area contributed by atoms with Gasteiger partial charge in [0.15, 0.2) is 0 Å². The van der Waals surface area contributed by atoms with Crippen molar-refractivity contribution in [3.63, 3.8) is 0 Å². The summed E-state index contributed by atoms with van der Waals surface area (Å²) in [6.07, 6.45) is 0. The zero-order chi connectivity index (χ0) is 18.7. The molecule has 3 aromatic rings. The van der Waals surface area contributed by atoms with Gasteiger partial charge in [0.1, 0.15) is 6.04 Å². The summed E-state index contributed by atoms with van der Waals surface area (Å²) >= 11 is 0. The van der Waals surface area contributed by atoms with E-state index in [0.717, 1.165) is 16.5 Å². The summed E-state index contributed by atoms with van der Waals surface area (Å²) < 4.78 is 0. The Morgan fingerprint density at radius 3 is 2.27 bits per heavy atom. The quantitative estimate of drug-likeness (QED) is 0.743. The van der Waals surface area contributed by atoms with Crippen molar-refractivity contribution in [1.82, 2.24) is 0 Å². The second-order valence-electron chi connectivity index (χ2n) is 6.25. The molecular formula is C21H21N3O2. The highest BCUT2D eigenvalue weighted by Gasteiger charge is 2.19. The molecule has 2 amide bonds. The van der Waals surface area contributed by atoms with Crippen LogP contribution >= 0.6 is 0 Å². The molecule has 0 spiro atoms. The molecule has 0 aliphatic carbocycles. The summed E-state index contributed by atoms with van der Waals surface area (Å²) in [5.41, 5.74) is 7.22. The van der Waals surface area contributed by atoms with Gasteiger partial charge in [-0.15, -0.1) is 0 Å². The number of anilines is 2. The van der Waals surface area contributed by atoms with Crippen molar-refractivity contribution in [1.29, 1.82) is 0 Å². The van der Waals surface area contributed by atoms with Gasteiger partial charge in [0.05, 0.1) is 0 Å². The fourth-order valence-corrected chi connectivity index (χ4v) is 2.76. The van der Waals surface area contributed by atoms with Gasteiger partial charge < -0.3 is 16.0 Å². The van der Waals surface area contributed by atoms with Crippen molar-refractivity contribution in [2.45, 2.75) is 13.0 Å². The Labute approximate surface area is 152 Å². The van der Waals surface area contributed by atoms with Crippen molar-refractivity contribution < 1.29 is 9.59 Å². The van der Waals surface area contributed by atoms with Gasteiger partial charge >= 0.3 is 0 Å². The summed E-state index contributed by atoms with van der Waals surface area (Å²) in [6.45, 7) is 1.85. The Balaban J connectivity index is 1.72. The Kier molecular flexibility index (Phi) is 4.89. The third kappa shape index (κ3) is 3.67. The number of hydrogen-bond acceptors (Lipinski definition) is 3. The van der Waals surface area contributed by atoms with E-state index in [4.69, 9.17) is 5.73 Å². The molecule has 132 valence electrons. The lowest BCUT2D eigenvalue weighted by Crippen LogP contribution is -2.39. The SMILES string of the molecule is C[C@H](C(=O)Nc1ccc(C(N)=O)cc1)N(C)c1ccc2ccccc2c1. The standard InChI is InChI=1S/C21H21N3O2/c1-14(21(26)23-18-10-7-16(8-11-18)20(22)25)24(2)19-12-9-15-5-3-4-6-17(15)13-19/h3-14H,1-2H3,(H2,22,25)(H,23,26)/t14-/m1/s1. The fourth-order valence-electron chi connectivity index (χ4n) is 2.76. The van der Waals surface area contributed by atoms with Gasteiger partial charge in [0.25, 0.3) is 0 Å². The molecule has 0 saturated carbocycles. The number of nitrogens with one attached hydrogen (secondary N) is 1. The number of amides is 2. The molecule has 1 atom stereocenters. The summed E-state index contributed by atoms with van der Waals surface area (Å²) in [6, 6.07) is 20.4. The molecule has 0 aromatic heterocycles. The molecule has 0 radical (unpaired) electrons. The number of hydrogen-bond donors (Lipinski definition) is 2. The topological polar surface area (TPSA) is 75.4 Å². The Bertz CT molecular complexity index is 951. The van der Waals surface area contributed by atoms with Crippen LogP contribution in [-0.4, -0.2) is 24.9 Å². The maximum atomic E-state index is 12.6. The Morgan fingerprint density at radius 2 is 1.62 bits per heavy atom. The highest BCUT2D eigenvalue weighted by Crippen LogP contribution is 2.23. The molecule has 3 N–H and O–H groups in total. The predicted octanol–water partition coefficient (Wildman–Crippen LogP) is 3.40. The van der Waals surface area contributed by atoms with Crippen LogP contribution in [0.5, 0.6) is 0 Å². The molecule has 3 aromatic carbocycles. The third-order valence-electron chi connectivity index (χ3n) is 4.54. The van der Waals surface area contributed by atoms with Crippen molar-refractivity contribution in [3.05, 3.63) is 72.3 Å². The van der Waals surface area contributed by atoms with Crippen LogP contribution in [0.1, 0.15) is 17.3 Å². The van der Waals surface area contributed by atoms with Gasteiger partial charge in [-0.05, 0) is 54.1 Å². The van der Waals surface area contributed by atoms with Crippen LogP contribution in [0, 0.1) is 0 Å². The lowest BCUT2D eigenvalue weighted by atomic mass is 10.1. The third-order valence-corrected chi connectivity index (χ3v) is 4.54. The van der Waals surface area contributed by atoms with E-state index in [1.165, 1.54) is 0 Å². The van der Waals surface area contributed by atoms with Gasteiger partial charge in [-0.2, -0.15) is 0 Å². The number of carbonyl (C=O) groups excluding carboxylic acids is 2. The minimum Gasteiger partial charge on any atom is -0.366 e. The summed E-state index contributed by atoms with van der Waals surface area (Å²) in [5, 5.41) is 5.16. The van der Waals surface area contributed by atoms with Gasteiger partial charge in [-0.25, -0.2) is 0 Å². The van der Waals surface area contributed by atoms with Crippen LogP contribution in [0.4, 0.5) is 11.4 Å². The molecule has 0 fully saturated rings. The number of benzene rings is 3. The van der Waals surface area contributed by atoms with Crippen molar-refractivity contribution in [2.75, 3.05) is 17.3 Å². The normalized spacial score (nSPS) is 11.8. The molecule has 3 rings (SSSR count). The molecule has 26 heavy (non-hydrogen) atoms. The predicted molar refractivity (Wildman–Crippen MR) is 105 cm³/mol. The number of likely N-dealkylation sites (N-methyl/N-ethyl adjacent to an activating group) is 1. The van der Waals surface area contributed by atoms with E-state index in [9.17, 15) is 9.59 Å². The Morgan fingerprint density at radius 1 is 0.962 bits per heavy atom. The molecule has 0 bridgehead atoms. The van der Waals surface area contributed by atoms with E-state index in [1.807, 2.05) is 43.1 Å². The average molecular weight is 347 g/mol. The van der Waals surface area contributed by atoms with E-state index in [2.05, 4.69) is 23.5 Å². The minimum atomic E-state index is -0.493. The van der Waals surface area contributed by atoms with Crippen LogP contribution < -0.4 is 16.0 Å². The lowest BCUT2D eigenvalue weighted by molar-refractivity contribution is -0.117. The number of nitrogens with two attached hydrogens (primary N) is 1. The van der Waals surface area contributed by atoms with Crippen molar-refractivity contribution >= 4 is 34.0 Å². The van der Waals surface area contributed by atoms with Crippen LogP contribution in [-0.2, 0) is 4.79 Å². The maximum absolute atomic E-state index is 12.6. The van der Waals surface area contributed by atoms with Gasteiger partial charge in [0, 0.05) is 24.0 Å². The van der Waals surface area contributed by atoms with Crippen LogP contribution in [0.25, 0.3) is 10.8 Å². The molecule has 5 nitrogen and oxygen atoms in total. The van der Waals surface area contributed by atoms with Gasteiger partial charge in [-0.1, -0.05) is 30.3 Å². The molecule has 0 heterocycles. The number of primary amides is 1. The molecule has 0 aliphatic heterocycles. The van der Waals surface area contributed by atoms with Gasteiger partial charge in [-0.3, -0.25) is 9.59 Å². The number of carbonyl (C=O) groups is 2. The van der Waals surface area contributed by atoms with Crippen molar-refractivity contribution in [2.24, 2.45) is 5.73 Å². The average Bonchev–Trinajstić information content (AvgIpc) is 2.66. The highest BCUT2D eigenvalue weighted by molar-refractivity contribution is 5.98. The molecule has 0 saturated heterocycles.